The number of hydrogen-bond donors (Lipinski definition) is 3. The van der Waals surface area contributed by atoms with Crippen molar-refractivity contribution in [2.24, 2.45) is 5.84 Å². The summed E-state index contributed by atoms with van der Waals surface area (Å²) >= 11 is 1.31. The maximum atomic E-state index is 12.6. The zero-order valence-corrected chi connectivity index (χ0v) is 12.6. The fraction of sp³-hybridized carbons (Fsp3) is 0.0909. The molecule has 4 N–H and O–H groups in total. The quantitative estimate of drug-likeness (QED) is 0.490. The molecule has 10 heteroatoms. The van der Waals surface area contributed by atoms with E-state index in [9.17, 15) is 8.42 Å². The van der Waals surface area contributed by atoms with Gasteiger partial charge in [-0.15, -0.1) is 11.3 Å². The molecule has 0 radical (unpaired) electrons. The number of sulfonamides is 1. The monoisotopic (exact) mass is 324 g/mol. The minimum atomic E-state index is -3.87. The molecule has 3 heterocycles. The van der Waals surface area contributed by atoms with Gasteiger partial charge in [0.1, 0.15) is 5.82 Å². The Morgan fingerprint density at radius 3 is 2.86 bits per heavy atom. The van der Waals surface area contributed by atoms with Crippen LogP contribution in [0.4, 0.5) is 11.6 Å². The topological polar surface area (TPSA) is 114 Å². The number of hydrogen-bond acceptors (Lipinski definition) is 7. The van der Waals surface area contributed by atoms with Crippen molar-refractivity contribution in [2.75, 3.05) is 10.1 Å². The number of nitrogen functional groups attached to an aromatic ring is 1. The lowest BCUT2D eigenvalue weighted by Gasteiger charge is -2.08. The molecule has 0 aliphatic rings. The van der Waals surface area contributed by atoms with Crippen LogP contribution in [0, 0.1) is 6.92 Å². The lowest BCUT2D eigenvalue weighted by Crippen LogP contribution is -2.19. The highest BCUT2D eigenvalue weighted by Gasteiger charge is 2.26. The van der Waals surface area contributed by atoms with Gasteiger partial charge in [-0.05, 0) is 19.1 Å². The number of nitrogens with two attached hydrogens (primary N) is 1. The maximum Gasteiger partial charge on any atom is 0.282 e. The molecule has 0 saturated heterocycles. The molecule has 0 bridgehead atoms. The number of aryl methyl sites for hydroxylation is 1. The first kappa shape index (κ1) is 13.8. The van der Waals surface area contributed by atoms with E-state index < -0.39 is 10.0 Å². The minimum absolute atomic E-state index is 0.0513. The number of imidazole rings is 1. The molecular formula is C11H12N6O2S2. The lowest BCUT2D eigenvalue weighted by atomic mass is 10.4. The number of thiazole rings is 1. The molecule has 0 aromatic carbocycles. The Hall–Kier alpha value is -2.17. The molecule has 0 amide bonds. The van der Waals surface area contributed by atoms with E-state index in [1.807, 2.05) is 0 Å². The number of anilines is 2. The molecular weight excluding hydrogens is 312 g/mol. The van der Waals surface area contributed by atoms with E-state index in [1.165, 1.54) is 15.7 Å². The molecule has 0 fully saturated rings. The highest BCUT2D eigenvalue weighted by atomic mass is 32.2. The molecule has 0 aliphatic heterocycles. The average molecular weight is 324 g/mol. The first-order valence-corrected chi connectivity index (χ1v) is 8.26. The Morgan fingerprint density at radius 1 is 1.33 bits per heavy atom. The highest BCUT2D eigenvalue weighted by Crippen LogP contribution is 2.26. The van der Waals surface area contributed by atoms with Crippen LogP contribution in [0.1, 0.15) is 5.69 Å². The standard InChI is InChI=1S/C11H12N6O2S2/c1-7-3-2-4-8(13-7)16-21(18,19)10-9(15-12)14-11-17(10)5-6-20-11/h2-6,15H,12H2,1H3,(H,13,16). The van der Waals surface area contributed by atoms with E-state index in [1.54, 1.807) is 36.7 Å². The predicted octanol–water partition coefficient (Wildman–Crippen LogP) is 1.19. The second-order valence-electron chi connectivity index (χ2n) is 4.24. The Balaban J connectivity index is 2.09. The van der Waals surface area contributed by atoms with Crippen LogP contribution >= 0.6 is 11.3 Å². The maximum absolute atomic E-state index is 12.6. The number of aromatic nitrogens is 3. The predicted molar refractivity (Wildman–Crippen MR) is 80.7 cm³/mol. The van der Waals surface area contributed by atoms with Crippen LogP contribution < -0.4 is 16.0 Å². The second-order valence-corrected chi connectivity index (χ2v) is 6.71. The molecule has 3 aromatic rings. The van der Waals surface area contributed by atoms with Gasteiger partial charge in [-0.1, -0.05) is 6.07 Å². The van der Waals surface area contributed by atoms with Crippen molar-refractivity contribution < 1.29 is 8.42 Å². The van der Waals surface area contributed by atoms with Crippen molar-refractivity contribution in [3.8, 4) is 0 Å². The average Bonchev–Trinajstić information content (AvgIpc) is 2.96. The van der Waals surface area contributed by atoms with Gasteiger partial charge in [-0.3, -0.25) is 9.12 Å². The number of pyridine rings is 1. The molecule has 0 unspecified atom stereocenters. The molecule has 21 heavy (non-hydrogen) atoms. The van der Waals surface area contributed by atoms with E-state index in [4.69, 9.17) is 5.84 Å². The normalized spacial score (nSPS) is 11.7. The number of nitrogens with zero attached hydrogens (tertiary/aromatic N) is 3. The smallest absolute Gasteiger partial charge is 0.282 e. The summed E-state index contributed by atoms with van der Waals surface area (Å²) in [6, 6.07) is 5.07. The van der Waals surface area contributed by atoms with E-state index in [2.05, 4.69) is 20.1 Å². The van der Waals surface area contributed by atoms with Gasteiger partial charge in [0.15, 0.2) is 10.8 Å². The Bertz CT molecular complexity index is 898. The molecule has 0 spiro atoms. The summed E-state index contributed by atoms with van der Waals surface area (Å²) in [7, 11) is -3.87. The lowest BCUT2D eigenvalue weighted by molar-refractivity contribution is 0.597. The van der Waals surface area contributed by atoms with Crippen LogP contribution in [0.2, 0.25) is 0 Å². The van der Waals surface area contributed by atoms with Crippen LogP contribution in [0.25, 0.3) is 4.96 Å². The second kappa shape index (κ2) is 4.98. The van der Waals surface area contributed by atoms with E-state index >= 15 is 0 Å². The van der Waals surface area contributed by atoms with E-state index in [0.717, 1.165) is 0 Å². The summed E-state index contributed by atoms with van der Waals surface area (Å²) < 4.78 is 29.0. The highest BCUT2D eigenvalue weighted by molar-refractivity contribution is 7.92. The fourth-order valence-electron chi connectivity index (χ4n) is 1.90. The van der Waals surface area contributed by atoms with Crippen LogP contribution in [0.5, 0.6) is 0 Å². The summed E-state index contributed by atoms with van der Waals surface area (Å²) in [5.74, 6) is 5.68. The SMILES string of the molecule is Cc1cccc(NS(=O)(=O)c2c(NN)nc3sccn23)n1. The van der Waals surface area contributed by atoms with Gasteiger partial charge < -0.3 is 5.43 Å². The molecule has 3 rings (SSSR count). The molecule has 0 atom stereocenters. The minimum Gasteiger partial charge on any atom is -0.306 e. The van der Waals surface area contributed by atoms with Gasteiger partial charge >= 0.3 is 0 Å². The van der Waals surface area contributed by atoms with Crippen molar-refractivity contribution in [1.82, 2.24) is 14.4 Å². The summed E-state index contributed by atoms with van der Waals surface area (Å²) in [5.41, 5.74) is 3.02. The molecule has 8 nitrogen and oxygen atoms in total. The number of rotatable bonds is 4. The van der Waals surface area contributed by atoms with Crippen LogP contribution in [-0.2, 0) is 10.0 Å². The number of hydrazine groups is 1. The first-order chi connectivity index (χ1) is 10.0. The fourth-order valence-corrected chi connectivity index (χ4v) is 3.92. The number of nitrogens with one attached hydrogen (secondary N) is 2. The van der Waals surface area contributed by atoms with Gasteiger partial charge in [0.25, 0.3) is 10.0 Å². The van der Waals surface area contributed by atoms with Crippen LogP contribution in [0.15, 0.2) is 34.8 Å². The van der Waals surface area contributed by atoms with Crippen molar-refractivity contribution in [3.63, 3.8) is 0 Å². The number of fused-ring (bicyclic) bond motifs is 1. The van der Waals surface area contributed by atoms with Crippen molar-refractivity contribution in [2.45, 2.75) is 11.9 Å². The van der Waals surface area contributed by atoms with Gasteiger partial charge in [0, 0.05) is 17.3 Å². The van der Waals surface area contributed by atoms with Gasteiger partial charge in [-0.2, -0.15) is 13.4 Å². The zero-order chi connectivity index (χ0) is 15.0. The Labute approximate surface area is 124 Å². The summed E-state index contributed by atoms with van der Waals surface area (Å²) in [6.45, 7) is 1.78. The van der Waals surface area contributed by atoms with E-state index in [0.29, 0.717) is 10.7 Å². The molecule has 0 aliphatic carbocycles. The third-order valence-electron chi connectivity index (χ3n) is 2.74. The van der Waals surface area contributed by atoms with Crippen molar-refractivity contribution >= 4 is 38.0 Å². The van der Waals surface area contributed by atoms with Gasteiger partial charge in [0.2, 0.25) is 5.03 Å². The Morgan fingerprint density at radius 2 is 2.14 bits per heavy atom. The molecule has 0 saturated carbocycles. The van der Waals surface area contributed by atoms with E-state index in [-0.39, 0.29) is 16.7 Å². The summed E-state index contributed by atoms with van der Waals surface area (Å²) in [4.78, 5) is 8.77. The largest absolute Gasteiger partial charge is 0.306 e. The van der Waals surface area contributed by atoms with Crippen LogP contribution in [-0.4, -0.2) is 22.8 Å². The summed E-state index contributed by atoms with van der Waals surface area (Å²) in [5, 5.41) is 1.69. The third-order valence-corrected chi connectivity index (χ3v) is 4.87. The van der Waals surface area contributed by atoms with Crippen LogP contribution in [0.3, 0.4) is 0 Å². The van der Waals surface area contributed by atoms with Gasteiger partial charge in [0.05, 0.1) is 0 Å². The molecule has 3 aromatic heterocycles. The first-order valence-electron chi connectivity index (χ1n) is 5.90. The zero-order valence-electron chi connectivity index (χ0n) is 10.9. The van der Waals surface area contributed by atoms with Crippen molar-refractivity contribution in [1.29, 1.82) is 0 Å². The summed E-state index contributed by atoms with van der Waals surface area (Å²) in [6.07, 6.45) is 1.62. The Kier molecular flexibility index (Phi) is 3.27. The van der Waals surface area contributed by atoms with Gasteiger partial charge in [-0.25, -0.2) is 10.8 Å². The molecule has 110 valence electrons. The van der Waals surface area contributed by atoms with Crippen molar-refractivity contribution in [3.05, 3.63) is 35.5 Å². The third kappa shape index (κ3) is 2.44.